The lowest BCUT2D eigenvalue weighted by Gasteiger charge is -2.29. The van der Waals surface area contributed by atoms with Gasteiger partial charge in [-0.2, -0.15) is 4.37 Å². The van der Waals surface area contributed by atoms with Gasteiger partial charge >= 0.3 is 0 Å². The van der Waals surface area contributed by atoms with E-state index in [0.717, 1.165) is 11.1 Å². The van der Waals surface area contributed by atoms with Gasteiger partial charge in [0.25, 0.3) is 5.91 Å². The highest BCUT2D eigenvalue weighted by Gasteiger charge is 2.39. The molecular formula is C17H18N6O3S. The number of carbonyl (C=O) groups is 3. The van der Waals surface area contributed by atoms with Crippen molar-refractivity contribution in [2.24, 2.45) is 5.73 Å². The minimum atomic E-state index is -0.612. The molecule has 4 rings (SSSR count). The quantitative estimate of drug-likeness (QED) is 0.633. The second-order valence-electron chi connectivity index (χ2n) is 6.42. The third-order valence-corrected chi connectivity index (χ3v) is 5.43. The molecule has 10 heteroatoms. The Bertz CT molecular complexity index is 927. The molecule has 0 aliphatic carbocycles. The number of benzene rings is 1. The fourth-order valence-corrected chi connectivity index (χ4v) is 4.01. The Morgan fingerprint density at radius 1 is 1.33 bits per heavy atom. The minimum absolute atomic E-state index is 0.184. The van der Waals surface area contributed by atoms with Gasteiger partial charge in [-0.3, -0.25) is 19.7 Å². The number of imide groups is 1. The summed E-state index contributed by atoms with van der Waals surface area (Å²) in [7, 11) is 0. The zero-order valence-electron chi connectivity index (χ0n) is 14.4. The number of nitrogens with two attached hydrogens (primary N) is 1. The molecule has 1 aromatic carbocycles. The van der Waals surface area contributed by atoms with E-state index in [0.29, 0.717) is 36.0 Å². The molecule has 2 aromatic rings. The molecule has 9 nitrogen and oxygen atoms in total. The third-order valence-electron chi connectivity index (χ3n) is 4.72. The number of fused-ring (bicyclic) bond motifs is 1. The lowest BCUT2D eigenvalue weighted by molar-refractivity contribution is -0.136. The standard InChI is InChI=1S/C17H18N6O3S/c18-6-12-20-17(27-22-12)19-7-9-2-1-3-10-8-23(16(26)14(9)10)11-4-5-13(24)21-15(11)25/h1-3,11H,4-8,18H2,(H,19,20,22)(H,21,24,25). The molecule has 4 N–H and O–H groups in total. The van der Waals surface area contributed by atoms with Gasteiger partial charge < -0.3 is 16.0 Å². The summed E-state index contributed by atoms with van der Waals surface area (Å²) in [4.78, 5) is 42.3. The van der Waals surface area contributed by atoms with Crippen LogP contribution in [-0.4, -0.2) is 38.0 Å². The summed E-state index contributed by atoms with van der Waals surface area (Å²) in [5.74, 6) is -0.313. The summed E-state index contributed by atoms with van der Waals surface area (Å²) in [6, 6.07) is 5.05. The maximum Gasteiger partial charge on any atom is 0.255 e. The molecule has 0 saturated carbocycles. The predicted molar refractivity (Wildman–Crippen MR) is 97.6 cm³/mol. The summed E-state index contributed by atoms with van der Waals surface area (Å²) in [6.07, 6.45) is 0.593. The van der Waals surface area contributed by atoms with Gasteiger partial charge in [-0.05, 0) is 17.5 Å². The van der Waals surface area contributed by atoms with E-state index in [1.165, 1.54) is 11.5 Å². The number of amides is 3. The summed E-state index contributed by atoms with van der Waals surface area (Å²) >= 11 is 1.22. The molecule has 27 heavy (non-hydrogen) atoms. The third kappa shape index (κ3) is 3.28. The largest absolute Gasteiger partial charge is 0.356 e. The molecule has 1 saturated heterocycles. The molecule has 140 valence electrons. The second kappa shape index (κ2) is 7.05. The average Bonchev–Trinajstić information content (AvgIpc) is 3.25. The number of aromatic nitrogens is 2. The summed E-state index contributed by atoms with van der Waals surface area (Å²) in [5.41, 5.74) is 7.84. The van der Waals surface area contributed by atoms with Gasteiger partial charge in [0.2, 0.25) is 16.9 Å². The number of rotatable bonds is 5. The molecular weight excluding hydrogens is 368 g/mol. The Morgan fingerprint density at radius 2 is 2.19 bits per heavy atom. The fourth-order valence-electron chi connectivity index (χ4n) is 3.42. The Morgan fingerprint density at radius 3 is 2.93 bits per heavy atom. The van der Waals surface area contributed by atoms with Crippen LogP contribution in [0, 0.1) is 0 Å². The maximum absolute atomic E-state index is 13.0. The summed E-state index contributed by atoms with van der Waals surface area (Å²) < 4.78 is 4.12. The first-order valence-corrected chi connectivity index (χ1v) is 9.36. The van der Waals surface area contributed by atoms with Crippen molar-refractivity contribution in [1.82, 2.24) is 19.6 Å². The fraction of sp³-hybridized carbons (Fsp3) is 0.353. The zero-order valence-corrected chi connectivity index (χ0v) is 15.2. The Balaban J connectivity index is 1.52. The maximum atomic E-state index is 13.0. The normalized spacial score (nSPS) is 19.2. The van der Waals surface area contributed by atoms with Crippen LogP contribution in [0.2, 0.25) is 0 Å². The van der Waals surface area contributed by atoms with E-state index in [9.17, 15) is 14.4 Å². The van der Waals surface area contributed by atoms with Crippen LogP contribution in [0.25, 0.3) is 0 Å². The molecule has 1 atom stereocenters. The van der Waals surface area contributed by atoms with Gasteiger partial charge in [-0.25, -0.2) is 4.98 Å². The van der Waals surface area contributed by atoms with E-state index in [4.69, 9.17) is 5.73 Å². The number of anilines is 1. The lowest BCUT2D eigenvalue weighted by Crippen LogP contribution is -2.52. The number of piperidine rings is 1. The first kappa shape index (κ1) is 17.6. The monoisotopic (exact) mass is 386 g/mol. The lowest BCUT2D eigenvalue weighted by atomic mass is 10.0. The van der Waals surface area contributed by atoms with E-state index in [2.05, 4.69) is 20.0 Å². The number of nitrogens with one attached hydrogen (secondary N) is 2. The number of nitrogens with zero attached hydrogens (tertiary/aromatic N) is 3. The van der Waals surface area contributed by atoms with Crippen molar-refractivity contribution in [2.45, 2.75) is 38.5 Å². The van der Waals surface area contributed by atoms with Crippen LogP contribution in [0.3, 0.4) is 0 Å². The van der Waals surface area contributed by atoms with E-state index in [1.54, 1.807) is 4.90 Å². The number of carbonyl (C=O) groups excluding carboxylic acids is 3. The second-order valence-corrected chi connectivity index (χ2v) is 7.18. The van der Waals surface area contributed by atoms with Crippen LogP contribution in [0.5, 0.6) is 0 Å². The molecule has 1 fully saturated rings. The van der Waals surface area contributed by atoms with E-state index in [-0.39, 0.29) is 24.8 Å². The van der Waals surface area contributed by atoms with Gasteiger partial charge in [-0.15, -0.1) is 0 Å². The first-order valence-electron chi connectivity index (χ1n) is 8.58. The first-order chi connectivity index (χ1) is 13.1. The zero-order chi connectivity index (χ0) is 19.0. The van der Waals surface area contributed by atoms with Crippen LogP contribution >= 0.6 is 11.5 Å². The molecule has 3 amide bonds. The molecule has 3 heterocycles. The Labute approximate surface area is 159 Å². The van der Waals surface area contributed by atoms with Gasteiger partial charge in [0.15, 0.2) is 5.82 Å². The van der Waals surface area contributed by atoms with Crippen LogP contribution in [-0.2, 0) is 29.2 Å². The van der Waals surface area contributed by atoms with Gasteiger partial charge in [0.05, 0.1) is 6.54 Å². The van der Waals surface area contributed by atoms with Crippen molar-refractivity contribution in [3.05, 3.63) is 40.7 Å². The van der Waals surface area contributed by atoms with Crippen molar-refractivity contribution >= 4 is 34.4 Å². The minimum Gasteiger partial charge on any atom is -0.356 e. The van der Waals surface area contributed by atoms with Crippen molar-refractivity contribution in [1.29, 1.82) is 0 Å². The molecule has 0 radical (unpaired) electrons. The smallest absolute Gasteiger partial charge is 0.255 e. The predicted octanol–water partition coefficient (Wildman–Crippen LogP) is 0.370. The molecule has 2 aliphatic rings. The highest BCUT2D eigenvalue weighted by molar-refractivity contribution is 7.09. The molecule has 2 aliphatic heterocycles. The van der Waals surface area contributed by atoms with Crippen molar-refractivity contribution in [3.63, 3.8) is 0 Å². The van der Waals surface area contributed by atoms with E-state index >= 15 is 0 Å². The van der Waals surface area contributed by atoms with E-state index < -0.39 is 11.9 Å². The van der Waals surface area contributed by atoms with Gasteiger partial charge in [-0.1, -0.05) is 18.2 Å². The van der Waals surface area contributed by atoms with Gasteiger partial charge in [0, 0.05) is 36.6 Å². The average molecular weight is 386 g/mol. The summed E-state index contributed by atoms with van der Waals surface area (Å²) in [5, 5.41) is 6.12. The van der Waals surface area contributed by atoms with Crippen molar-refractivity contribution in [2.75, 3.05) is 5.32 Å². The molecule has 1 unspecified atom stereocenters. The van der Waals surface area contributed by atoms with Crippen LogP contribution in [0.4, 0.5) is 5.13 Å². The van der Waals surface area contributed by atoms with Gasteiger partial charge in [0.1, 0.15) is 6.04 Å². The number of hydrogen-bond donors (Lipinski definition) is 3. The molecule has 1 aromatic heterocycles. The highest BCUT2D eigenvalue weighted by atomic mass is 32.1. The van der Waals surface area contributed by atoms with Crippen LogP contribution in [0.1, 0.15) is 40.2 Å². The Hall–Kier alpha value is -2.85. The molecule has 0 bridgehead atoms. The Kier molecular flexibility index (Phi) is 4.58. The molecule has 0 spiro atoms. The van der Waals surface area contributed by atoms with Crippen molar-refractivity contribution in [3.8, 4) is 0 Å². The van der Waals surface area contributed by atoms with Crippen LogP contribution < -0.4 is 16.4 Å². The SMILES string of the molecule is NCc1nsc(NCc2cccc3c2C(=O)N(C2CCC(=O)NC2=O)C3)n1. The highest BCUT2D eigenvalue weighted by Crippen LogP contribution is 2.30. The topological polar surface area (TPSA) is 130 Å². The summed E-state index contributed by atoms with van der Waals surface area (Å²) in [6.45, 7) is 1.06. The van der Waals surface area contributed by atoms with Crippen molar-refractivity contribution < 1.29 is 14.4 Å². The van der Waals surface area contributed by atoms with E-state index in [1.807, 2.05) is 18.2 Å². The number of hydrogen-bond acceptors (Lipinski definition) is 8. The van der Waals surface area contributed by atoms with Crippen LogP contribution in [0.15, 0.2) is 18.2 Å².